The highest BCUT2D eigenvalue weighted by Gasteiger charge is 2.46. The van der Waals surface area contributed by atoms with Crippen LogP contribution in [0, 0.1) is 0 Å². The number of hydrogen-bond donors (Lipinski definition) is 0. The lowest BCUT2D eigenvalue weighted by atomic mass is 9.63. The molecule has 584 valence electrons. The Hall–Kier alpha value is -15.0. The molecule has 24 rings (SSSR count). The number of nitrogens with zero attached hydrogens (tertiary/aromatic N) is 5. The summed E-state index contributed by atoms with van der Waals surface area (Å²) in [4.78, 5) is 2.29. The molecule has 0 amide bonds. The fraction of sp³-hybridized carbons (Fsp3) is 0.0847. The van der Waals surface area contributed by atoms with Crippen LogP contribution >= 0.6 is 0 Å². The number of hydrogen-bond acceptors (Lipinski definition) is 1. The van der Waals surface area contributed by atoms with Crippen LogP contribution in [-0.2, 0) is 10.8 Å². The number of aromatic nitrogens is 4. The zero-order valence-electron chi connectivity index (χ0n) is 84.3. The quantitative estimate of drug-likeness (QED) is 0.127. The molecule has 0 spiro atoms. The van der Waals surface area contributed by atoms with E-state index < -0.39 is 109 Å². The van der Waals surface area contributed by atoms with E-state index in [1.807, 2.05) is 103 Å². The number of rotatable bonds is 11. The molecule has 18 aromatic carbocycles. The highest BCUT2D eigenvalue weighted by molar-refractivity contribution is 6.23. The maximum atomic E-state index is 10.5. The molecule has 2 atom stereocenters. The Kier molecular flexibility index (Phi) is 12.9. The molecule has 2 unspecified atom stereocenters. The lowest BCUT2D eigenvalue weighted by Crippen LogP contribution is -2.30. The van der Waals surface area contributed by atoms with Crippen LogP contribution in [0.4, 0.5) is 17.1 Å². The van der Waals surface area contributed by atoms with Crippen molar-refractivity contribution >= 4 is 104 Å². The maximum Gasteiger partial charge on any atom is 0.0645 e. The van der Waals surface area contributed by atoms with Gasteiger partial charge in [-0.2, -0.15) is 0 Å². The van der Waals surface area contributed by atoms with Crippen LogP contribution in [0.3, 0.4) is 0 Å². The van der Waals surface area contributed by atoms with Gasteiger partial charge in [-0.1, -0.05) is 345 Å². The summed E-state index contributed by atoms with van der Waals surface area (Å²) >= 11 is 0. The van der Waals surface area contributed by atoms with E-state index in [0.717, 1.165) is 144 Å². The standard InChI is InChI=1S/C118H87N5/c1-117(2,3)80-65-79(66-81(68-80)118(4,5)6)78-61-63-90-96(67-78)111-93-64-62-84(121-98-55-31-25-49-86(98)87-50-26-32-56-99(87)121)70-104(93)123(116-95(75-39-15-8-16-40-75)73-107-113(109(116)77-43-19-10-20-44-77)92-54-30-36-60-103(92)120(107)83-47-23-12-24-48-83)105-71-85(122-100-57-33-27-51-88(100)89-52-28-34-58-101(89)122)69-97(114(105)111)110(90)115-94(74-37-13-7-14-38-74)72-106-112(108(115)76-41-17-9-18-42-76)91-53-29-35-59-102(91)119(106)82-45-21-11-22-46-82/h7-73,110-111H,1-6H3/i25D,26D,27D,28D,31D,32D,33D,34D,49D,50D,51D,52D,55D,56D,57D,58D. The van der Waals surface area contributed by atoms with Gasteiger partial charge in [-0.25, -0.2) is 0 Å². The highest BCUT2D eigenvalue weighted by Crippen LogP contribution is 2.65. The monoisotopic (exact) mass is 1590 g/mol. The summed E-state index contributed by atoms with van der Waals surface area (Å²) in [6, 6.07) is 98.9. The molecule has 5 nitrogen and oxygen atoms in total. The molecule has 123 heavy (non-hydrogen) atoms. The van der Waals surface area contributed by atoms with Gasteiger partial charge in [0.25, 0.3) is 0 Å². The summed E-state index contributed by atoms with van der Waals surface area (Å²) in [6.45, 7) is 13.4. The first-order chi connectivity index (χ1) is 67.0. The van der Waals surface area contributed by atoms with E-state index in [4.69, 9.17) is 0 Å². The molecule has 2 aliphatic rings. The van der Waals surface area contributed by atoms with E-state index in [0.29, 0.717) is 28.2 Å². The van der Waals surface area contributed by atoms with Gasteiger partial charge >= 0.3 is 0 Å². The van der Waals surface area contributed by atoms with E-state index in [1.54, 1.807) is 9.13 Å². The summed E-state index contributed by atoms with van der Waals surface area (Å²) in [5.74, 6) is -1.78. The highest BCUT2D eigenvalue weighted by atomic mass is 15.2. The van der Waals surface area contributed by atoms with Gasteiger partial charge in [0.05, 0.1) is 83.1 Å². The van der Waals surface area contributed by atoms with Crippen molar-refractivity contribution in [1.29, 1.82) is 0 Å². The second kappa shape index (κ2) is 27.8. The molecule has 1 aliphatic heterocycles. The first-order valence-corrected chi connectivity index (χ1v) is 42.0. The van der Waals surface area contributed by atoms with Gasteiger partial charge in [-0.15, -0.1) is 0 Å². The molecule has 0 radical (unpaired) electrons. The Labute approximate surface area is 738 Å². The second-order valence-corrected chi connectivity index (χ2v) is 34.6. The van der Waals surface area contributed by atoms with Gasteiger partial charge < -0.3 is 23.2 Å². The van der Waals surface area contributed by atoms with Gasteiger partial charge in [0, 0.05) is 88.8 Å². The second-order valence-electron chi connectivity index (χ2n) is 34.6. The van der Waals surface area contributed by atoms with E-state index in [-0.39, 0.29) is 65.8 Å². The van der Waals surface area contributed by atoms with Gasteiger partial charge in [0.15, 0.2) is 0 Å². The number of anilines is 3. The third kappa shape index (κ3) is 11.2. The Morgan fingerprint density at radius 1 is 0.244 bits per heavy atom. The van der Waals surface area contributed by atoms with Gasteiger partial charge in [0.2, 0.25) is 0 Å². The molecule has 0 N–H and O–H groups in total. The van der Waals surface area contributed by atoms with Crippen LogP contribution in [0.5, 0.6) is 0 Å². The normalized spacial score (nSPS) is 15.7. The molecule has 0 saturated carbocycles. The van der Waals surface area contributed by atoms with Crippen LogP contribution in [0.25, 0.3) is 166 Å². The molecule has 0 saturated heterocycles. The minimum Gasteiger partial charge on any atom is -0.309 e. The maximum absolute atomic E-state index is 10.5. The first-order valence-electron chi connectivity index (χ1n) is 50.0. The van der Waals surface area contributed by atoms with E-state index >= 15 is 0 Å². The summed E-state index contributed by atoms with van der Waals surface area (Å²) in [6.07, 6.45) is 0. The van der Waals surface area contributed by atoms with E-state index in [2.05, 4.69) is 262 Å². The fourth-order valence-electron chi connectivity index (χ4n) is 20.2. The average Bonchev–Trinajstić information content (AvgIpc) is 1.65. The van der Waals surface area contributed by atoms with Crippen molar-refractivity contribution < 1.29 is 21.9 Å². The molecule has 0 fully saturated rings. The van der Waals surface area contributed by atoms with Crippen LogP contribution in [0.1, 0.15) is 120 Å². The number of benzene rings is 18. The van der Waals surface area contributed by atoms with E-state index in [9.17, 15) is 21.9 Å². The van der Waals surface area contributed by atoms with Crippen LogP contribution in [-0.4, -0.2) is 18.3 Å². The summed E-state index contributed by atoms with van der Waals surface area (Å²) in [7, 11) is 0. The predicted molar refractivity (Wildman–Crippen MR) is 518 cm³/mol. The van der Waals surface area contributed by atoms with Crippen molar-refractivity contribution in [1.82, 2.24) is 18.3 Å². The average molecular weight is 1590 g/mol. The molecule has 0 bridgehead atoms. The van der Waals surface area contributed by atoms with Gasteiger partial charge in [0.1, 0.15) is 0 Å². The Bertz CT molecular complexity index is 8900. The molecule has 5 heterocycles. The SMILES string of the molecule is [2H]c1c([2H])c([2H])c2c(c1[2H])c1c([2H])c([2H])c([2H])c([2H])c1n2-c1ccc2c(c1)N(c1c(-c3ccccc3)cc3c(c1-c1ccccc1)c1ccccc1n3-c1ccccc1)c1cc(-n3c4c([2H])c([2H])c([2H])c([2H])c4c4c([2H])c([2H])c([2H])c([2H])c43)cc3c1C2c1cc(-c2cc(C(C)(C)C)cc(C(C)(C)C)c2)ccc1C3c1c(-c2ccccc2)cc2c(c1-c1ccccc1)c1ccccc1n2-c1ccccc1. The minimum atomic E-state index is -0.913. The third-order valence-corrected chi connectivity index (χ3v) is 25.6. The summed E-state index contributed by atoms with van der Waals surface area (Å²) in [5, 5.41) is 3.19. The van der Waals surface area contributed by atoms with Crippen molar-refractivity contribution in [3.8, 4) is 78.4 Å². The topological polar surface area (TPSA) is 23.0 Å². The Morgan fingerprint density at radius 3 is 1.15 bits per heavy atom. The molecule has 5 heteroatoms. The molecular weight excluding hydrogens is 1490 g/mol. The minimum absolute atomic E-state index is 0.0965. The summed E-state index contributed by atoms with van der Waals surface area (Å²) < 4.78 is 166. The van der Waals surface area contributed by atoms with Crippen molar-refractivity contribution in [2.24, 2.45) is 0 Å². The molecular formula is C118H87N5. The lowest BCUT2D eigenvalue weighted by Gasteiger charge is -2.46. The molecule has 4 aromatic heterocycles. The van der Waals surface area contributed by atoms with Gasteiger partial charge in [-0.05, 0) is 203 Å². The van der Waals surface area contributed by atoms with Crippen molar-refractivity contribution in [3.63, 3.8) is 0 Å². The Balaban J connectivity index is 0.980. The molecule has 1 aliphatic carbocycles. The first kappa shape index (κ1) is 57.2. The van der Waals surface area contributed by atoms with E-state index in [1.165, 1.54) is 0 Å². The molecule has 22 aromatic rings. The van der Waals surface area contributed by atoms with Crippen molar-refractivity contribution in [2.45, 2.75) is 64.2 Å². The third-order valence-electron chi connectivity index (χ3n) is 25.6. The lowest BCUT2D eigenvalue weighted by molar-refractivity contribution is 0.569. The van der Waals surface area contributed by atoms with Crippen molar-refractivity contribution in [3.05, 3.63) is 451 Å². The number of para-hydroxylation sites is 8. The largest absolute Gasteiger partial charge is 0.309 e. The van der Waals surface area contributed by atoms with Crippen LogP contribution in [0.2, 0.25) is 0 Å². The van der Waals surface area contributed by atoms with Crippen LogP contribution < -0.4 is 4.90 Å². The van der Waals surface area contributed by atoms with Crippen LogP contribution in [0.15, 0.2) is 406 Å². The smallest absolute Gasteiger partial charge is 0.0645 e. The Morgan fingerprint density at radius 2 is 0.642 bits per heavy atom. The zero-order valence-corrected chi connectivity index (χ0v) is 68.3. The fourth-order valence-corrected chi connectivity index (χ4v) is 20.2. The predicted octanol–water partition coefficient (Wildman–Crippen LogP) is 31.5. The number of fused-ring (bicyclic) bond motifs is 16. The van der Waals surface area contributed by atoms with Gasteiger partial charge in [-0.3, -0.25) is 0 Å². The van der Waals surface area contributed by atoms with Crippen molar-refractivity contribution in [2.75, 3.05) is 4.90 Å². The summed E-state index contributed by atoms with van der Waals surface area (Å²) in [5.41, 5.74) is 22.0. The zero-order chi connectivity index (χ0) is 96.0.